The summed E-state index contributed by atoms with van der Waals surface area (Å²) in [6, 6.07) is 16.8. The van der Waals surface area contributed by atoms with Crippen molar-refractivity contribution in [1.29, 1.82) is 0 Å². The van der Waals surface area contributed by atoms with Crippen LogP contribution in [0.1, 0.15) is 34.5 Å². The smallest absolute Gasteiger partial charge is 0.325 e. The monoisotopic (exact) mass is 391 g/mol. The van der Waals surface area contributed by atoms with E-state index in [0.717, 1.165) is 16.7 Å². The molecule has 0 fully saturated rings. The number of aryl methyl sites for hydroxylation is 1. The molecule has 1 atom stereocenters. The van der Waals surface area contributed by atoms with Crippen LogP contribution in [0.15, 0.2) is 54.6 Å². The zero-order chi connectivity index (χ0) is 21.0. The van der Waals surface area contributed by atoms with Gasteiger partial charge in [0.05, 0.1) is 5.69 Å². The van der Waals surface area contributed by atoms with E-state index < -0.39 is 17.9 Å². The second-order valence-corrected chi connectivity index (χ2v) is 6.70. The highest BCUT2D eigenvalue weighted by Crippen LogP contribution is 2.22. The normalized spacial score (nSPS) is 11.7. The predicted molar refractivity (Wildman–Crippen MR) is 108 cm³/mol. The van der Waals surface area contributed by atoms with Crippen LogP contribution in [-0.2, 0) is 11.2 Å². The number of hydrogen-bond donors (Lipinski definition) is 3. The quantitative estimate of drug-likeness (QED) is 0.596. The van der Waals surface area contributed by atoms with Gasteiger partial charge in [-0.15, -0.1) is 0 Å². The van der Waals surface area contributed by atoms with Crippen LogP contribution >= 0.6 is 0 Å². The molecule has 0 aliphatic rings. The van der Waals surface area contributed by atoms with Gasteiger partial charge in [0.25, 0.3) is 5.91 Å². The Kier molecular flexibility index (Phi) is 5.87. The van der Waals surface area contributed by atoms with Gasteiger partial charge in [0.1, 0.15) is 11.9 Å². The molecule has 0 bridgehead atoms. The van der Waals surface area contributed by atoms with E-state index in [0.29, 0.717) is 12.2 Å². The van der Waals surface area contributed by atoms with Crippen molar-refractivity contribution in [3.05, 3.63) is 77.4 Å². The maximum atomic E-state index is 12.3. The molecule has 3 N–H and O–H groups in total. The molecular formula is C22H21N3O4. The molecule has 0 unspecified atom stereocenters. The molecule has 29 heavy (non-hydrogen) atoms. The number of nitrogens with zero attached hydrogens (tertiary/aromatic N) is 2. The van der Waals surface area contributed by atoms with Crippen LogP contribution in [0.25, 0.3) is 11.1 Å². The van der Waals surface area contributed by atoms with Crippen LogP contribution in [0, 0.1) is 6.92 Å². The highest BCUT2D eigenvalue weighted by atomic mass is 16.4. The third-order valence-corrected chi connectivity index (χ3v) is 4.46. The van der Waals surface area contributed by atoms with Crippen LogP contribution in [0.5, 0.6) is 5.75 Å². The fourth-order valence-corrected chi connectivity index (χ4v) is 2.82. The summed E-state index contributed by atoms with van der Waals surface area (Å²) in [5.41, 5.74) is 3.16. The Hall–Kier alpha value is -3.74. The minimum Gasteiger partial charge on any atom is -0.504 e. The van der Waals surface area contributed by atoms with Gasteiger partial charge in [0.15, 0.2) is 11.4 Å². The van der Waals surface area contributed by atoms with Crippen molar-refractivity contribution in [2.45, 2.75) is 26.3 Å². The van der Waals surface area contributed by atoms with Gasteiger partial charge < -0.3 is 15.5 Å². The molecule has 7 nitrogen and oxygen atoms in total. The largest absolute Gasteiger partial charge is 0.504 e. The number of carboxylic acids is 1. The summed E-state index contributed by atoms with van der Waals surface area (Å²) in [5, 5.41) is 21.4. The molecule has 3 rings (SSSR count). The number of carboxylic acid groups (broad SMARTS) is 1. The number of rotatable bonds is 6. The van der Waals surface area contributed by atoms with E-state index in [4.69, 9.17) is 5.11 Å². The second-order valence-electron chi connectivity index (χ2n) is 6.70. The first kappa shape index (κ1) is 20.0. The summed E-state index contributed by atoms with van der Waals surface area (Å²) in [4.78, 5) is 31.7. The Balaban J connectivity index is 1.81. The molecular weight excluding hydrogens is 370 g/mol. The van der Waals surface area contributed by atoms with E-state index >= 15 is 0 Å². The SMILES string of the molecule is Cc1nc(Cc2ccc(-c3ccccc3)cc2)nc(C(=O)N[C@@H](C)C(=O)O)c1O. The molecule has 148 valence electrons. The van der Waals surface area contributed by atoms with Crippen molar-refractivity contribution in [2.75, 3.05) is 0 Å². The number of nitrogens with one attached hydrogen (secondary N) is 1. The molecule has 1 aromatic heterocycles. The number of carbonyl (C=O) groups excluding carboxylic acids is 1. The molecule has 0 aliphatic carbocycles. The predicted octanol–water partition coefficient (Wildman–Crippen LogP) is 2.95. The average Bonchev–Trinajstić information content (AvgIpc) is 2.71. The molecule has 1 heterocycles. The number of carbonyl (C=O) groups is 2. The van der Waals surface area contributed by atoms with Crippen LogP contribution in [0.2, 0.25) is 0 Å². The van der Waals surface area contributed by atoms with Gasteiger partial charge in [-0.1, -0.05) is 54.6 Å². The molecule has 7 heteroatoms. The fourth-order valence-electron chi connectivity index (χ4n) is 2.82. The molecule has 0 radical (unpaired) electrons. The van der Waals surface area contributed by atoms with Gasteiger partial charge in [-0.05, 0) is 30.5 Å². The number of aromatic nitrogens is 2. The molecule has 0 saturated heterocycles. The lowest BCUT2D eigenvalue weighted by atomic mass is 10.0. The Bertz CT molecular complexity index is 1030. The van der Waals surface area contributed by atoms with Crippen molar-refractivity contribution < 1.29 is 19.8 Å². The topological polar surface area (TPSA) is 112 Å². The number of amides is 1. The summed E-state index contributed by atoms with van der Waals surface area (Å²) < 4.78 is 0. The third kappa shape index (κ3) is 4.76. The maximum absolute atomic E-state index is 12.3. The number of hydrogen-bond acceptors (Lipinski definition) is 5. The highest BCUT2D eigenvalue weighted by Gasteiger charge is 2.21. The highest BCUT2D eigenvalue weighted by molar-refractivity contribution is 5.97. The Morgan fingerprint density at radius 1 is 1.00 bits per heavy atom. The second kappa shape index (κ2) is 8.52. The average molecular weight is 391 g/mol. The van der Waals surface area contributed by atoms with Gasteiger partial charge in [0, 0.05) is 6.42 Å². The van der Waals surface area contributed by atoms with Crippen molar-refractivity contribution in [3.8, 4) is 16.9 Å². The summed E-state index contributed by atoms with van der Waals surface area (Å²) in [7, 11) is 0. The van der Waals surface area contributed by atoms with Crippen LogP contribution in [0.3, 0.4) is 0 Å². The van der Waals surface area contributed by atoms with Crippen LogP contribution in [-0.4, -0.2) is 38.1 Å². The molecule has 1 amide bonds. The molecule has 3 aromatic rings. The van der Waals surface area contributed by atoms with Crippen LogP contribution in [0.4, 0.5) is 0 Å². The Morgan fingerprint density at radius 2 is 1.62 bits per heavy atom. The lowest BCUT2D eigenvalue weighted by Crippen LogP contribution is -2.38. The van der Waals surface area contributed by atoms with E-state index in [1.807, 2.05) is 54.6 Å². The van der Waals surface area contributed by atoms with Gasteiger partial charge >= 0.3 is 5.97 Å². The minimum atomic E-state index is -1.18. The third-order valence-electron chi connectivity index (χ3n) is 4.46. The van der Waals surface area contributed by atoms with Gasteiger partial charge in [-0.3, -0.25) is 9.59 Å². The summed E-state index contributed by atoms with van der Waals surface area (Å²) in [6.07, 6.45) is 0.366. The molecule has 0 spiro atoms. The van der Waals surface area contributed by atoms with E-state index in [1.165, 1.54) is 6.92 Å². The Morgan fingerprint density at radius 3 is 2.24 bits per heavy atom. The van der Waals surface area contributed by atoms with Gasteiger partial charge in [-0.25, -0.2) is 9.97 Å². The van der Waals surface area contributed by atoms with Gasteiger partial charge in [0.2, 0.25) is 0 Å². The van der Waals surface area contributed by atoms with Gasteiger partial charge in [-0.2, -0.15) is 0 Å². The first-order valence-electron chi connectivity index (χ1n) is 9.09. The molecule has 0 saturated carbocycles. The van der Waals surface area contributed by atoms with Crippen molar-refractivity contribution in [1.82, 2.24) is 15.3 Å². The van der Waals surface area contributed by atoms with Crippen molar-refractivity contribution in [3.63, 3.8) is 0 Å². The minimum absolute atomic E-state index is 0.235. The number of benzene rings is 2. The lowest BCUT2D eigenvalue weighted by molar-refractivity contribution is -0.138. The fraction of sp³-hybridized carbons (Fsp3) is 0.182. The summed E-state index contributed by atoms with van der Waals surface area (Å²) in [6.45, 7) is 2.90. The van der Waals surface area contributed by atoms with E-state index in [9.17, 15) is 14.7 Å². The van der Waals surface area contributed by atoms with E-state index in [-0.39, 0.29) is 17.1 Å². The van der Waals surface area contributed by atoms with E-state index in [1.54, 1.807) is 6.92 Å². The van der Waals surface area contributed by atoms with Crippen molar-refractivity contribution in [2.24, 2.45) is 0 Å². The first-order chi connectivity index (χ1) is 13.8. The zero-order valence-electron chi connectivity index (χ0n) is 16.1. The Labute approximate surface area is 168 Å². The maximum Gasteiger partial charge on any atom is 0.325 e. The number of aromatic hydroxyl groups is 1. The van der Waals surface area contributed by atoms with Crippen molar-refractivity contribution >= 4 is 11.9 Å². The molecule has 0 aliphatic heterocycles. The number of aliphatic carboxylic acids is 1. The molecule has 2 aromatic carbocycles. The van der Waals surface area contributed by atoms with Crippen LogP contribution < -0.4 is 5.32 Å². The first-order valence-corrected chi connectivity index (χ1v) is 9.09. The summed E-state index contributed by atoms with van der Waals surface area (Å²) in [5.74, 6) is -1.94. The zero-order valence-corrected chi connectivity index (χ0v) is 16.1. The lowest BCUT2D eigenvalue weighted by Gasteiger charge is -2.12. The summed E-state index contributed by atoms with van der Waals surface area (Å²) >= 11 is 0. The van der Waals surface area contributed by atoms with E-state index in [2.05, 4.69) is 15.3 Å². The standard InChI is InChI=1S/C22H21N3O4/c1-13-20(26)19(21(27)24-14(2)22(28)29)25-18(23-13)12-15-8-10-17(11-9-15)16-6-4-3-5-7-16/h3-11,14,26H,12H2,1-2H3,(H,24,27)(H,28,29)/t14-/m0/s1.